The molecule has 0 unspecified atom stereocenters. The molecule has 0 atom stereocenters. The Morgan fingerprint density at radius 2 is 2.17 bits per heavy atom. The fourth-order valence-corrected chi connectivity index (χ4v) is 2.45. The van der Waals surface area contributed by atoms with Gasteiger partial charge in [-0.1, -0.05) is 25.3 Å². The van der Waals surface area contributed by atoms with E-state index in [1.165, 1.54) is 6.42 Å². The molecule has 1 aliphatic rings. The van der Waals surface area contributed by atoms with Crippen molar-refractivity contribution in [1.29, 1.82) is 0 Å². The van der Waals surface area contributed by atoms with Gasteiger partial charge in [-0.25, -0.2) is 0 Å². The topological polar surface area (TPSA) is 68.0 Å². The first-order chi connectivity index (χ1) is 8.62. The van der Waals surface area contributed by atoms with Gasteiger partial charge in [0.15, 0.2) is 0 Å². The van der Waals surface area contributed by atoms with Crippen molar-refractivity contribution in [1.82, 2.24) is 10.3 Å². The summed E-state index contributed by atoms with van der Waals surface area (Å²) in [5.74, 6) is -0.0350. The molecule has 1 aromatic rings. The second-order valence-corrected chi connectivity index (χ2v) is 5.17. The second-order valence-electron chi connectivity index (χ2n) is 5.17. The largest absolute Gasteiger partial charge is 0.349 e. The molecule has 0 aliphatic heterocycles. The van der Waals surface area contributed by atoms with Crippen molar-refractivity contribution in [2.24, 2.45) is 5.73 Å². The maximum atomic E-state index is 12.1. The molecule has 1 fully saturated rings. The third-order valence-corrected chi connectivity index (χ3v) is 3.73. The maximum Gasteiger partial charge on any atom is 0.240 e. The molecule has 4 heteroatoms. The molecule has 1 aliphatic carbocycles. The number of nitrogens with zero attached hydrogens (tertiary/aromatic N) is 1. The van der Waals surface area contributed by atoms with E-state index in [1.54, 1.807) is 6.20 Å². The quantitative estimate of drug-likeness (QED) is 0.853. The van der Waals surface area contributed by atoms with Crippen LogP contribution in [0.1, 0.15) is 43.4 Å². The number of nitrogens with two attached hydrogens (primary N) is 1. The minimum atomic E-state index is -0.666. The summed E-state index contributed by atoms with van der Waals surface area (Å²) in [5, 5.41) is 2.92. The summed E-state index contributed by atoms with van der Waals surface area (Å²) in [5.41, 5.74) is 7.50. The Hall–Kier alpha value is -1.42. The lowest BCUT2D eigenvalue weighted by molar-refractivity contribution is -0.127. The number of hydrogen-bond donors (Lipinski definition) is 2. The Bertz CT molecular complexity index is 425. The van der Waals surface area contributed by atoms with Gasteiger partial charge in [0.25, 0.3) is 0 Å². The average Bonchev–Trinajstić information content (AvgIpc) is 2.38. The summed E-state index contributed by atoms with van der Waals surface area (Å²) in [6.45, 7) is 2.46. The number of amides is 1. The van der Waals surface area contributed by atoms with Crippen molar-refractivity contribution >= 4 is 5.91 Å². The number of hydrogen-bond acceptors (Lipinski definition) is 3. The van der Waals surface area contributed by atoms with Gasteiger partial charge < -0.3 is 11.1 Å². The van der Waals surface area contributed by atoms with Crippen molar-refractivity contribution in [2.75, 3.05) is 0 Å². The predicted octanol–water partition coefficient (Wildman–Crippen LogP) is 1.67. The third kappa shape index (κ3) is 2.88. The minimum Gasteiger partial charge on any atom is -0.349 e. The number of carbonyl (C=O) groups is 1. The number of nitrogens with one attached hydrogen (secondary N) is 1. The van der Waals surface area contributed by atoms with Gasteiger partial charge in [-0.15, -0.1) is 0 Å². The van der Waals surface area contributed by atoms with Crippen LogP contribution in [0.15, 0.2) is 18.3 Å². The van der Waals surface area contributed by atoms with Crippen molar-refractivity contribution in [3.05, 3.63) is 29.6 Å². The van der Waals surface area contributed by atoms with Crippen LogP contribution in [0.2, 0.25) is 0 Å². The highest BCUT2D eigenvalue weighted by molar-refractivity contribution is 5.86. The van der Waals surface area contributed by atoms with Crippen LogP contribution in [0.25, 0.3) is 0 Å². The number of aromatic nitrogens is 1. The zero-order chi connectivity index (χ0) is 13.0. The van der Waals surface area contributed by atoms with Crippen LogP contribution in [-0.2, 0) is 11.3 Å². The van der Waals surface area contributed by atoms with Crippen molar-refractivity contribution in [3.8, 4) is 0 Å². The van der Waals surface area contributed by atoms with Crippen LogP contribution in [0.5, 0.6) is 0 Å². The highest BCUT2D eigenvalue weighted by Crippen LogP contribution is 2.26. The van der Waals surface area contributed by atoms with Gasteiger partial charge in [0.2, 0.25) is 5.91 Å². The molecular formula is C14H21N3O. The summed E-state index contributed by atoms with van der Waals surface area (Å²) < 4.78 is 0. The molecule has 0 bridgehead atoms. The van der Waals surface area contributed by atoms with Crippen LogP contribution in [0.3, 0.4) is 0 Å². The summed E-state index contributed by atoms with van der Waals surface area (Å²) in [4.78, 5) is 16.4. The molecule has 0 saturated heterocycles. The number of aryl methyl sites for hydroxylation is 1. The number of pyridine rings is 1. The first-order valence-corrected chi connectivity index (χ1v) is 6.59. The molecule has 98 valence electrons. The molecule has 3 N–H and O–H groups in total. The highest BCUT2D eigenvalue weighted by Gasteiger charge is 2.34. The van der Waals surface area contributed by atoms with E-state index in [4.69, 9.17) is 5.73 Å². The first kappa shape index (κ1) is 13.0. The fourth-order valence-electron chi connectivity index (χ4n) is 2.45. The molecule has 0 aromatic carbocycles. The molecule has 1 amide bonds. The molecule has 1 heterocycles. The van der Waals surface area contributed by atoms with Gasteiger partial charge in [-0.05, 0) is 31.4 Å². The lowest BCUT2D eigenvalue weighted by Gasteiger charge is -2.31. The van der Waals surface area contributed by atoms with Gasteiger partial charge in [-0.2, -0.15) is 0 Å². The van der Waals surface area contributed by atoms with Crippen LogP contribution in [0, 0.1) is 6.92 Å². The molecule has 1 aromatic heterocycles. The summed E-state index contributed by atoms with van der Waals surface area (Å²) in [7, 11) is 0. The van der Waals surface area contributed by atoms with Crippen LogP contribution < -0.4 is 11.1 Å². The average molecular weight is 247 g/mol. The molecule has 1 saturated carbocycles. The van der Waals surface area contributed by atoms with E-state index in [-0.39, 0.29) is 5.91 Å². The van der Waals surface area contributed by atoms with Gasteiger partial charge >= 0.3 is 0 Å². The Morgan fingerprint density at radius 1 is 1.44 bits per heavy atom. The van der Waals surface area contributed by atoms with Crippen molar-refractivity contribution < 1.29 is 4.79 Å². The van der Waals surface area contributed by atoms with E-state index in [2.05, 4.69) is 10.3 Å². The number of carbonyl (C=O) groups excluding carboxylic acids is 1. The van der Waals surface area contributed by atoms with Gasteiger partial charge in [0.05, 0.1) is 17.8 Å². The van der Waals surface area contributed by atoms with Crippen molar-refractivity contribution in [2.45, 2.75) is 51.1 Å². The Kier molecular flexibility index (Phi) is 3.97. The molecular weight excluding hydrogens is 226 g/mol. The monoisotopic (exact) mass is 247 g/mol. The van der Waals surface area contributed by atoms with Gasteiger partial charge in [0.1, 0.15) is 0 Å². The summed E-state index contributed by atoms with van der Waals surface area (Å²) in [6, 6.07) is 3.89. The van der Waals surface area contributed by atoms with Crippen LogP contribution in [-0.4, -0.2) is 16.4 Å². The predicted molar refractivity (Wildman–Crippen MR) is 70.8 cm³/mol. The van der Waals surface area contributed by atoms with E-state index < -0.39 is 5.54 Å². The van der Waals surface area contributed by atoms with E-state index >= 15 is 0 Å². The van der Waals surface area contributed by atoms with E-state index in [0.717, 1.165) is 36.9 Å². The fraction of sp³-hybridized carbons (Fsp3) is 0.571. The zero-order valence-corrected chi connectivity index (χ0v) is 10.9. The van der Waals surface area contributed by atoms with Crippen LogP contribution >= 0.6 is 0 Å². The lowest BCUT2D eigenvalue weighted by Crippen LogP contribution is -2.54. The Balaban J connectivity index is 1.94. The summed E-state index contributed by atoms with van der Waals surface area (Å²) >= 11 is 0. The molecule has 0 radical (unpaired) electrons. The minimum absolute atomic E-state index is 0.0350. The molecule has 4 nitrogen and oxygen atoms in total. The SMILES string of the molecule is Cc1cccnc1CNC(=O)C1(N)CCCCC1. The smallest absolute Gasteiger partial charge is 0.240 e. The molecule has 2 rings (SSSR count). The maximum absolute atomic E-state index is 12.1. The lowest BCUT2D eigenvalue weighted by atomic mass is 9.82. The Morgan fingerprint density at radius 3 is 2.83 bits per heavy atom. The third-order valence-electron chi connectivity index (χ3n) is 3.73. The molecule has 0 spiro atoms. The van der Waals surface area contributed by atoms with Gasteiger partial charge in [0, 0.05) is 6.20 Å². The first-order valence-electron chi connectivity index (χ1n) is 6.59. The normalized spacial score (nSPS) is 18.3. The van der Waals surface area contributed by atoms with E-state index in [1.807, 2.05) is 19.1 Å². The Labute approximate surface area is 108 Å². The standard InChI is InChI=1S/C14H21N3O/c1-11-6-5-9-16-12(11)10-17-13(18)14(15)7-3-2-4-8-14/h5-6,9H,2-4,7-8,10,15H2,1H3,(H,17,18). The summed E-state index contributed by atoms with van der Waals surface area (Å²) in [6.07, 6.45) is 6.61. The van der Waals surface area contributed by atoms with Gasteiger partial charge in [-0.3, -0.25) is 9.78 Å². The zero-order valence-electron chi connectivity index (χ0n) is 10.9. The highest BCUT2D eigenvalue weighted by atomic mass is 16.2. The number of rotatable bonds is 3. The van der Waals surface area contributed by atoms with Crippen molar-refractivity contribution in [3.63, 3.8) is 0 Å². The van der Waals surface area contributed by atoms with E-state index in [0.29, 0.717) is 6.54 Å². The van der Waals surface area contributed by atoms with E-state index in [9.17, 15) is 4.79 Å². The second kappa shape index (κ2) is 5.48. The van der Waals surface area contributed by atoms with Crippen LogP contribution in [0.4, 0.5) is 0 Å². The molecule has 18 heavy (non-hydrogen) atoms.